The molecular weight excluding hydrogens is 620 g/mol. The highest BCUT2D eigenvalue weighted by molar-refractivity contribution is 6.16. The van der Waals surface area contributed by atoms with Crippen LogP contribution in [-0.4, -0.2) is 117 Å². The third-order valence-corrected chi connectivity index (χ3v) is 9.94. The van der Waals surface area contributed by atoms with Gasteiger partial charge < -0.3 is 35.0 Å². The van der Waals surface area contributed by atoms with Crippen LogP contribution in [0.15, 0.2) is 54.6 Å². The number of nitrogens with two attached hydrogens (primary N) is 1. The lowest BCUT2D eigenvalue weighted by molar-refractivity contribution is -0.154. The van der Waals surface area contributed by atoms with Gasteiger partial charge in [-0.1, -0.05) is 44.2 Å². The number of ether oxygens (including phenoxy) is 2. The van der Waals surface area contributed by atoms with Crippen molar-refractivity contribution in [2.45, 2.75) is 75.4 Å². The molecule has 2 aromatic carbocycles. The largest absolute Gasteiger partial charge is 0.508 e. The van der Waals surface area contributed by atoms with E-state index in [2.05, 4.69) is 0 Å². The summed E-state index contributed by atoms with van der Waals surface area (Å²) in [7, 11) is 0. The molecule has 0 aliphatic carbocycles. The Hall–Kier alpha value is -4.62. The summed E-state index contributed by atoms with van der Waals surface area (Å²) in [4.78, 5) is 87.7. The number of hydrogen-bond acceptors (Lipinski definition) is 9. The number of Topliss-reactive ketones (excluding diaryl/α,β-unsaturated/α-hetero) is 2. The molecule has 48 heavy (non-hydrogen) atoms. The maximum absolute atomic E-state index is 15.0. The SMILES string of the molecule is CC(C)CC(C(=O)N1CCC2OCC(=O)C21)N(C(=O)c1ccccc1)C(Cc1ccc(O)cc1)C(=O)N1CCC2OCC(=O)C21C(N)=O. The molecule has 4 aliphatic rings. The Morgan fingerprint density at radius 3 is 2.31 bits per heavy atom. The number of phenols is 1. The second-order valence-electron chi connectivity index (χ2n) is 13.3. The molecule has 6 atom stereocenters. The molecule has 254 valence electrons. The first-order chi connectivity index (χ1) is 22.9. The van der Waals surface area contributed by atoms with E-state index >= 15 is 4.79 Å². The van der Waals surface area contributed by atoms with E-state index in [0.717, 1.165) is 4.90 Å². The summed E-state index contributed by atoms with van der Waals surface area (Å²) in [5, 5.41) is 9.99. The van der Waals surface area contributed by atoms with Crippen LogP contribution < -0.4 is 5.73 Å². The van der Waals surface area contributed by atoms with Gasteiger partial charge in [0, 0.05) is 25.1 Å². The molecule has 4 heterocycles. The number of aromatic hydroxyl groups is 1. The van der Waals surface area contributed by atoms with E-state index in [0.29, 0.717) is 12.0 Å². The highest BCUT2D eigenvalue weighted by Crippen LogP contribution is 2.39. The minimum atomic E-state index is -2.06. The maximum atomic E-state index is 15.0. The number of phenolic OH excluding ortho intramolecular Hbond substituents is 1. The van der Waals surface area contributed by atoms with Crippen LogP contribution in [0.5, 0.6) is 5.75 Å². The van der Waals surface area contributed by atoms with Crippen LogP contribution in [0.1, 0.15) is 49.0 Å². The summed E-state index contributed by atoms with van der Waals surface area (Å²) in [5.41, 5.74) is 4.57. The number of likely N-dealkylation sites (tertiary alicyclic amines) is 2. The van der Waals surface area contributed by atoms with Gasteiger partial charge >= 0.3 is 0 Å². The zero-order chi connectivity index (χ0) is 34.3. The first-order valence-corrected chi connectivity index (χ1v) is 16.3. The summed E-state index contributed by atoms with van der Waals surface area (Å²) in [6.45, 7) is 3.48. The lowest BCUT2D eigenvalue weighted by Crippen LogP contribution is -2.68. The Bertz CT molecular complexity index is 1610. The first-order valence-electron chi connectivity index (χ1n) is 16.3. The first kappa shape index (κ1) is 33.3. The van der Waals surface area contributed by atoms with Gasteiger partial charge in [-0.2, -0.15) is 0 Å². The number of carbonyl (C=O) groups is 6. The van der Waals surface area contributed by atoms with Crippen molar-refractivity contribution in [2.75, 3.05) is 26.3 Å². The number of benzene rings is 2. The highest BCUT2D eigenvalue weighted by Gasteiger charge is 2.65. The molecule has 0 spiro atoms. The van der Waals surface area contributed by atoms with Gasteiger partial charge in [-0.15, -0.1) is 0 Å². The van der Waals surface area contributed by atoms with Gasteiger partial charge in [0.1, 0.15) is 37.1 Å². The summed E-state index contributed by atoms with van der Waals surface area (Å²) in [5.74, 6) is -3.90. The van der Waals surface area contributed by atoms with Crippen molar-refractivity contribution >= 4 is 35.2 Å². The molecule has 4 amide bonds. The van der Waals surface area contributed by atoms with E-state index in [-0.39, 0.29) is 62.0 Å². The number of rotatable bonds is 10. The Morgan fingerprint density at radius 1 is 0.938 bits per heavy atom. The molecule has 13 heteroatoms. The van der Waals surface area contributed by atoms with Crippen LogP contribution >= 0.6 is 0 Å². The van der Waals surface area contributed by atoms with Crippen LogP contribution in [0.2, 0.25) is 0 Å². The number of carbonyl (C=O) groups excluding carboxylic acids is 6. The van der Waals surface area contributed by atoms with E-state index in [4.69, 9.17) is 15.2 Å². The van der Waals surface area contributed by atoms with Gasteiger partial charge in [0.2, 0.25) is 17.4 Å². The molecule has 6 rings (SSSR count). The molecule has 6 unspecified atom stereocenters. The second-order valence-corrected chi connectivity index (χ2v) is 13.3. The fourth-order valence-corrected chi connectivity index (χ4v) is 7.72. The van der Waals surface area contributed by atoms with E-state index in [1.807, 2.05) is 13.8 Å². The minimum Gasteiger partial charge on any atom is -0.508 e. The Labute approximate surface area is 277 Å². The molecule has 2 aromatic rings. The van der Waals surface area contributed by atoms with Crippen LogP contribution in [0.3, 0.4) is 0 Å². The van der Waals surface area contributed by atoms with Crippen LogP contribution in [0, 0.1) is 5.92 Å². The Morgan fingerprint density at radius 2 is 1.65 bits per heavy atom. The van der Waals surface area contributed by atoms with E-state index in [9.17, 15) is 29.1 Å². The topological polar surface area (TPSA) is 177 Å². The Kier molecular flexibility index (Phi) is 9.10. The van der Waals surface area contributed by atoms with Crippen molar-refractivity contribution in [1.29, 1.82) is 0 Å². The normalized spacial score (nSPS) is 26.0. The fourth-order valence-electron chi connectivity index (χ4n) is 7.72. The lowest BCUT2D eigenvalue weighted by atomic mass is 9.88. The molecule has 0 radical (unpaired) electrons. The van der Waals surface area contributed by atoms with Gasteiger partial charge in [-0.25, -0.2) is 0 Å². The van der Waals surface area contributed by atoms with Crippen molar-refractivity contribution < 1.29 is 43.3 Å². The van der Waals surface area contributed by atoms with Crippen LogP contribution in [-0.2, 0) is 39.9 Å². The third kappa shape index (κ3) is 5.64. The molecule has 0 bridgehead atoms. The molecule has 4 fully saturated rings. The predicted molar refractivity (Wildman–Crippen MR) is 169 cm³/mol. The molecular formula is C35H40N4O9. The number of primary amides is 1. The summed E-state index contributed by atoms with van der Waals surface area (Å²) >= 11 is 0. The molecule has 0 aromatic heterocycles. The van der Waals surface area contributed by atoms with Crippen molar-refractivity contribution in [3.05, 3.63) is 65.7 Å². The monoisotopic (exact) mass is 660 g/mol. The second kappa shape index (κ2) is 13.1. The predicted octanol–water partition coefficient (Wildman–Crippen LogP) is 0.854. The number of amides is 4. The number of ketones is 2. The zero-order valence-electron chi connectivity index (χ0n) is 26.9. The Balaban J connectivity index is 1.50. The van der Waals surface area contributed by atoms with Crippen molar-refractivity contribution in [3.8, 4) is 5.75 Å². The van der Waals surface area contributed by atoms with Gasteiger partial charge in [0.15, 0.2) is 11.6 Å². The summed E-state index contributed by atoms with van der Waals surface area (Å²) < 4.78 is 11.3. The van der Waals surface area contributed by atoms with Gasteiger partial charge in [-0.3, -0.25) is 28.8 Å². The third-order valence-electron chi connectivity index (χ3n) is 9.94. The minimum absolute atomic E-state index is 0.0116. The van der Waals surface area contributed by atoms with Crippen LogP contribution in [0.25, 0.3) is 0 Å². The van der Waals surface area contributed by atoms with Gasteiger partial charge in [-0.05, 0) is 55.0 Å². The van der Waals surface area contributed by atoms with Crippen molar-refractivity contribution in [2.24, 2.45) is 11.7 Å². The van der Waals surface area contributed by atoms with Gasteiger partial charge in [0.25, 0.3) is 11.8 Å². The average molecular weight is 661 g/mol. The van der Waals surface area contributed by atoms with E-state index in [1.54, 1.807) is 42.5 Å². The smallest absolute Gasteiger partial charge is 0.255 e. The average Bonchev–Trinajstić information content (AvgIpc) is 3.84. The molecule has 0 saturated carbocycles. The van der Waals surface area contributed by atoms with Crippen molar-refractivity contribution in [1.82, 2.24) is 14.7 Å². The van der Waals surface area contributed by atoms with E-state index in [1.165, 1.54) is 21.9 Å². The number of nitrogens with zero attached hydrogens (tertiary/aromatic N) is 3. The highest BCUT2D eigenvalue weighted by atomic mass is 16.5. The summed E-state index contributed by atoms with van der Waals surface area (Å²) in [6.07, 6.45) is -0.741. The fraction of sp³-hybridized carbons (Fsp3) is 0.486. The molecule has 13 nitrogen and oxygen atoms in total. The molecule has 3 N–H and O–H groups in total. The van der Waals surface area contributed by atoms with Crippen LogP contribution in [0.4, 0.5) is 0 Å². The number of hydrogen-bond donors (Lipinski definition) is 2. The van der Waals surface area contributed by atoms with Gasteiger partial charge in [0.05, 0.1) is 12.2 Å². The quantitative estimate of drug-likeness (QED) is 0.350. The number of fused-ring (bicyclic) bond motifs is 2. The van der Waals surface area contributed by atoms with E-state index < -0.39 is 71.9 Å². The standard InChI is InChI=1S/C35H40N4O9/c1-20(2)16-24(32(44)37-14-12-27-30(37)26(41)18-47-27)39(31(43)22-6-4-3-5-7-22)25(17-21-8-10-23(40)11-9-21)33(45)38-15-13-29-35(38,34(36)46)28(42)19-48-29/h3-11,20,24-25,27,29-30,40H,12-19H2,1-2H3,(H2,36,46). The zero-order valence-corrected chi connectivity index (χ0v) is 26.9. The molecule has 4 saturated heterocycles. The van der Waals surface area contributed by atoms with Crippen molar-refractivity contribution in [3.63, 3.8) is 0 Å². The lowest BCUT2D eigenvalue weighted by Gasteiger charge is -2.43. The molecule has 4 aliphatic heterocycles. The maximum Gasteiger partial charge on any atom is 0.255 e. The summed E-state index contributed by atoms with van der Waals surface area (Å²) in [6, 6.07) is 10.9.